The summed E-state index contributed by atoms with van der Waals surface area (Å²) >= 11 is 10.6. The highest BCUT2D eigenvalue weighted by Gasteiger charge is 2.08. The third kappa shape index (κ3) is 2.35. The van der Waals surface area contributed by atoms with Gasteiger partial charge in [0.25, 0.3) is 0 Å². The van der Waals surface area contributed by atoms with Gasteiger partial charge in [-0.2, -0.15) is 0 Å². The van der Waals surface area contributed by atoms with E-state index in [0.717, 1.165) is 13.4 Å². The Morgan fingerprint density at radius 2 is 1.33 bits per heavy atom. The molecule has 0 aromatic heterocycles. The van der Waals surface area contributed by atoms with Crippen molar-refractivity contribution in [3.05, 3.63) is 55.9 Å². The van der Waals surface area contributed by atoms with Crippen LogP contribution in [0, 0.1) is 0 Å². The zero-order valence-electron chi connectivity index (χ0n) is 7.68. The summed E-state index contributed by atoms with van der Waals surface area (Å²) in [5, 5.41) is 0. The lowest BCUT2D eigenvalue weighted by Gasteiger charge is -2.07. The smallest absolute Gasteiger partial charge is 0.0465 e. The van der Waals surface area contributed by atoms with Crippen LogP contribution in [0.3, 0.4) is 0 Å². The second kappa shape index (κ2) is 4.81. The van der Waals surface area contributed by atoms with Crippen molar-refractivity contribution >= 4 is 47.8 Å². The van der Waals surface area contributed by atoms with Gasteiger partial charge < -0.3 is 0 Å². The molecule has 0 amide bonds. The summed E-state index contributed by atoms with van der Waals surface area (Å²) in [6.07, 6.45) is 0. The van der Waals surface area contributed by atoms with Crippen molar-refractivity contribution in [3.8, 4) is 11.1 Å². The van der Waals surface area contributed by atoms with Gasteiger partial charge in [-0.05, 0) is 65.0 Å². The molecule has 0 aliphatic carbocycles. The van der Waals surface area contributed by atoms with Crippen LogP contribution in [-0.4, -0.2) is 0 Å². The number of benzene rings is 2. The molecule has 0 atom stereocenters. The van der Waals surface area contributed by atoms with Crippen LogP contribution in [0.5, 0.6) is 0 Å². The van der Waals surface area contributed by atoms with Gasteiger partial charge in [-0.15, -0.1) is 0 Å². The van der Waals surface area contributed by atoms with Crippen molar-refractivity contribution in [2.75, 3.05) is 0 Å². The molecule has 0 spiro atoms. The van der Waals surface area contributed by atoms with E-state index in [0.29, 0.717) is 0 Å². The predicted molar refractivity (Wildman–Crippen MR) is 75.0 cm³/mol. The average molecular weight is 391 g/mol. The van der Waals surface area contributed by atoms with Gasteiger partial charge in [0.15, 0.2) is 0 Å². The molecule has 0 nitrogen and oxygen atoms in total. The molecule has 2 aromatic rings. The molecule has 2 rings (SSSR count). The number of rotatable bonds is 1. The quantitative estimate of drug-likeness (QED) is 0.552. The largest absolute Gasteiger partial charge is 0.0622 e. The highest BCUT2D eigenvalue weighted by Crippen LogP contribution is 2.38. The molecule has 76 valence electrons. The van der Waals surface area contributed by atoms with Crippen molar-refractivity contribution in [3.63, 3.8) is 0 Å². The summed E-state index contributed by atoms with van der Waals surface area (Å²) < 4.78 is 3.17. The van der Waals surface area contributed by atoms with E-state index in [1.165, 1.54) is 11.1 Å². The van der Waals surface area contributed by atoms with E-state index >= 15 is 0 Å². The normalized spacial score (nSPS) is 10.3. The summed E-state index contributed by atoms with van der Waals surface area (Å²) in [5.74, 6) is 0. The van der Waals surface area contributed by atoms with Crippen LogP contribution < -0.4 is 0 Å². The Hall–Kier alpha value is -0.120. The summed E-state index contributed by atoms with van der Waals surface area (Å²) in [7, 11) is 0. The highest BCUT2D eigenvalue weighted by molar-refractivity contribution is 9.14. The molecule has 0 N–H and O–H groups in total. The first kappa shape index (κ1) is 11.4. The van der Waals surface area contributed by atoms with Gasteiger partial charge in [-0.3, -0.25) is 0 Å². The van der Waals surface area contributed by atoms with E-state index < -0.39 is 0 Å². The van der Waals surface area contributed by atoms with Crippen LogP contribution >= 0.6 is 47.8 Å². The predicted octanol–water partition coefficient (Wildman–Crippen LogP) is 5.64. The summed E-state index contributed by atoms with van der Waals surface area (Å²) in [6, 6.07) is 14.4. The second-order valence-corrected chi connectivity index (χ2v) is 5.53. The molecule has 0 heterocycles. The zero-order valence-corrected chi connectivity index (χ0v) is 12.4. The van der Waals surface area contributed by atoms with Crippen LogP contribution in [0.4, 0.5) is 0 Å². The number of hydrogen-bond acceptors (Lipinski definition) is 0. The lowest BCUT2D eigenvalue weighted by molar-refractivity contribution is 1.51. The molecule has 2 aromatic carbocycles. The third-order valence-corrected chi connectivity index (χ3v) is 5.49. The SMILES string of the molecule is Brc1ccc(-c2ccccc2)c(Br)c1Br. The molecule has 3 heteroatoms. The van der Waals surface area contributed by atoms with E-state index in [2.05, 4.69) is 66.0 Å². The summed E-state index contributed by atoms with van der Waals surface area (Å²) in [6.45, 7) is 0. The summed E-state index contributed by atoms with van der Waals surface area (Å²) in [4.78, 5) is 0. The van der Waals surface area contributed by atoms with Crippen molar-refractivity contribution < 1.29 is 0 Å². The minimum atomic E-state index is 1.05. The van der Waals surface area contributed by atoms with Gasteiger partial charge in [-0.1, -0.05) is 36.4 Å². The fourth-order valence-corrected chi connectivity index (χ4v) is 2.88. The number of hydrogen-bond donors (Lipinski definition) is 0. The van der Waals surface area contributed by atoms with Crippen molar-refractivity contribution in [1.29, 1.82) is 0 Å². The fourth-order valence-electron chi connectivity index (χ4n) is 1.37. The first-order valence-corrected chi connectivity index (χ1v) is 6.77. The average Bonchev–Trinajstić information content (AvgIpc) is 2.27. The van der Waals surface area contributed by atoms with E-state index in [1.807, 2.05) is 24.3 Å². The van der Waals surface area contributed by atoms with Crippen LogP contribution in [0.25, 0.3) is 11.1 Å². The topological polar surface area (TPSA) is 0 Å². The second-order valence-electron chi connectivity index (χ2n) is 3.09. The molecular weight excluding hydrogens is 384 g/mol. The molecule has 0 aliphatic rings. The minimum absolute atomic E-state index is 1.05. The van der Waals surface area contributed by atoms with E-state index in [4.69, 9.17) is 0 Å². The Balaban J connectivity index is 2.60. The molecule has 15 heavy (non-hydrogen) atoms. The van der Waals surface area contributed by atoms with Gasteiger partial charge in [0.05, 0.1) is 0 Å². The zero-order chi connectivity index (χ0) is 10.8. The number of halogens is 3. The van der Waals surface area contributed by atoms with Crippen molar-refractivity contribution in [1.82, 2.24) is 0 Å². The van der Waals surface area contributed by atoms with E-state index in [9.17, 15) is 0 Å². The molecule has 0 radical (unpaired) electrons. The van der Waals surface area contributed by atoms with E-state index in [-0.39, 0.29) is 0 Å². The molecular formula is C12H7Br3. The van der Waals surface area contributed by atoms with Gasteiger partial charge >= 0.3 is 0 Å². The van der Waals surface area contributed by atoms with Crippen LogP contribution in [0.2, 0.25) is 0 Å². The van der Waals surface area contributed by atoms with Gasteiger partial charge in [-0.25, -0.2) is 0 Å². The van der Waals surface area contributed by atoms with Gasteiger partial charge in [0.1, 0.15) is 0 Å². The summed E-state index contributed by atoms with van der Waals surface area (Å²) in [5.41, 5.74) is 2.39. The molecule has 0 saturated carbocycles. The van der Waals surface area contributed by atoms with Gasteiger partial charge in [0, 0.05) is 13.4 Å². The standard InChI is InChI=1S/C12H7Br3/c13-10-7-6-9(11(14)12(10)15)8-4-2-1-3-5-8/h1-7H. The van der Waals surface area contributed by atoms with Gasteiger partial charge in [0.2, 0.25) is 0 Å². The van der Waals surface area contributed by atoms with Crippen LogP contribution in [0.15, 0.2) is 55.9 Å². The monoisotopic (exact) mass is 388 g/mol. The van der Waals surface area contributed by atoms with Crippen molar-refractivity contribution in [2.45, 2.75) is 0 Å². The molecule has 0 unspecified atom stereocenters. The molecule has 0 bridgehead atoms. The first-order chi connectivity index (χ1) is 7.20. The van der Waals surface area contributed by atoms with E-state index in [1.54, 1.807) is 0 Å². The maximum Gasteiger partial charge on any atom is 0.0465 e. The highest BCUT2D eigenvalue weighted by atomic mass is 79.9. The Labute approximate surface area is 114 Å². The molecule has 0 aliphatic heterocycles. The van der Waals surface area contributed by atoms with Crippen molar-refractivity contribution in [2.24, 2.45) is 0 Å². The minimum Gasteiger partial charge on any atom is -0.0622 e. The Bertz CT molecular complexity index is 478. The Morgan fingerprint density at radius 3 is 2.00 bits per heavy atom. The molecule has 0 saturated heterocycles. The molecule has 0 fully saturated rings. The third-order valence-electron chi connectivity index (χ3n) is 2.12. The Morgan fingerprint density at radius 1 is 0.667 bits per heavy atom. The Kier molecular flexibility index (Phi) is 3.65. The maximum atomic E-state index is 3.59. The first-order valence-electron chi connectivity index (χ1n) is 4.39. The lowest BCUT2D eigenvalue weighted by atomic mass is 10.1. The lowest BCUT2D eigenvalue weighted by Crippen LogP contribution is -1.81. The fraction of sp³-hybridized carbons (Fsp3) is 0. The van der Waals surface area contributed by atoms with Crippen LogP contribution in [-0.2, 0) is 0 Å². The maximum absolute atomic E-state index is 3.59. The van der Waals surface area contributed by atoms with Crippen LogP contribution in [0.1, 0.15) is 0 Å².